The van der Waals surface area contributed by atoms with Crippen molar-refractivity contribution < 1.29 is 0 Å². The van der Waals surface area contributed by atoms with Crippen molar-refractivity contribution in [2.45, 2.75) is 0 Å². The maximum absolute atomic E-state index is 5.46. The van der Waals surface area contributed by atoms with E-state index in [-0.39, 0.29) is 0 Å². The number of benzene rings is 9. The summed E-state index contributed by atoms with van der Waals surface area (Å²) in [5.41, 5.74) is 10.4. The summed E-state index contributed by atoms with van der Waals surface area (Å²) in [5.74, 6) is 1.92. The van der Waals surface area contributed by atoms with Gasteiger partial charge in [-0.15, -0.1) is 0 Å². The van der Waals surface area contributed by atoms with Gasteiger partial charge in [0.15, 0.2) is 17.5 Å². The zero-order chi connectivity index (χ0) is 38.4. The van der Waals surface area contributed by atoms with E-state index in [2.05, 4.69) is 146 Å². The van der Waals surface area contributed by atoms with Crippen LogP contribution in [0.3, 0.4) is 0 Å². The van der Waals surface area contributed by atoms with Crippen molar-refractivity contribution in [3.63, 3.8) is 0 Å². The molecule has 2 aromatic heterocycles. The van der Waals surface area contributed by atoms with E-state index < -0.39 is 0 Å². The van der Waals surface area contributed by atoms with Crippen molar-refractivity contribution in [2.24, 2.45) is 0 Å². The van der Waals surface area contributed by atoms with Crippen molar-refractivity contribution in [1.82, 2.24) is 19.9 Å². The van der Waals surface area contributed by atoms with Crippen LogP contribution in [0.4, 0.5) is 0 Å². The first-order chi connectivity index (χ1) is 28.7. The van der Waals surface area contributed by atoms with Gasteiger partial charge in [0.1, 0.15) is 0 Å². The number of aromatic nitrogens is 4. The fourth-order valence-electron chi connectivity index (χ4n) is 8.12. The van der Waals surface area contributed by atoms with Gasteiger partial charge in [0.25, 0.3) is 0 Å². The Morgan fingerprint density at radius 3 is 1.28 bits per heavy atom. The third-order valence-electron chi connectivity index (χ3n) is 11.1. The molecule has 0 bridgehead atoms. The molecule has 0 amide bonds. The second-order valence-electron chi connectivity index (χ2n) is 14.7. The Bertz CT molecular complexity index is 3260. The van der Waals surface area contributed by atoms with Gasteiger partial charge < -0.3 is 0 Å². The quantitative estimate of drug-likeness (QED) is 0.159. The molecule has 0 radical (unpaired) electrons. The Labute approximate surface area is 335 Å². The van der Waals surface area contributed by atoms with Crippen LogP contribution in [-0.4, -0.2) is 19.9 Å². The summed E-state index contributed by atoms with van der Waals surface area (Å²) in [4.78, 5) is 20.3. The van der Waals surface area contributed by atoms with Crippen molar-refractivity contribution in [3.8, 4) is 67.7 Å². The second kappa shape index (κ2) is 14.0. The van der Waals surface area contributed by atoms with E-state index in [1.165, 1.54) is 21.5 Å². The molecule has 0 saturated carbocycles. The minimum absolute atomic E-state index is 0.631. The monoisotopic (exact) mass is 738 g/mol. The van der Waals surface area contributed by atoms with Crippen LogP contribution in [0.5, 0.6) is 0 Å². The molecule has 0 aliphatic rings. The second-order valence-corrected chi connectivity index (χ2v) is 14.7. The van der Waals surface area contributed by atoms with E-state index in [1.807, 2.05) is 60.7 Å². The highest BCUT2D eigenvalue weighted by Gasteiger charge is 2.18. The van der Waals surface area contributed by atoms with E-state index in [4.69, 9.17) is 19.9 Å². The van der Waals surface area contributed by atoms with Crippen molar-refractivity contribution in [1.29, 1.82) is 0 Å². The Kier molecular flexibility index (Phi) is 8.11. The lowest BCUT2D eigenvalue weighted by Crippen LogP contribution is -2.00. The normalized spacial score (nSPS) is 11.4. The third-order valence-corrected chi connectivity index (χ3v) is 11.1. The molecule has 0 saturated heterocycles. The van der Waals surface area contributed by atoms with E-state index >= 15 is 0 Å². The molecular formula is C54H34N4. The average molecular weight is 739 g/mol. The molecule has 0 fully saturated rings. The van der Waals surface area contributed by atoms with Crippen LogP contribution in [0.1, 0.15) is 0 Å². The Balaban J connectivity index is 1.09. The van der Waals surface area contributed by atoms with Crippen LogP contribution in [0.25, 0.3) is 111 Å². The lowest BCUT2D eigenvalue weighted by Gasteiger charge is -2.16. The Hall–Kier alpha value is -7.82. The Morgan fingerprint density at radius 1 is 0.241 bits per heavy atom. The molecule has 0 aliphatic heterocycles. The minimum Gasteiger partial charge on any atom is -0.247 e. The lowest BCUT2D eigenvalue weighted by atomic mass is 9.90. The molecular weight excluding hydrogens is 705 g/mol. The van der Waals surface area contributed by atoms with E-state index in [0.29, 0.717) is 17.5 Å². The van der Waals surface area contributed by atoms with Gasteiger partial charge in [0.2, 0.25) is 0 Å². The fraction of sp³-hybridized carbons (Fsp3) is 0. The molecule has 9 aromatic carbocycles. The lowest BCUT2D eigenvalue weighted by molar-refractivity contribution is 1.07. The highest BCUT2D eigenvalue weighted by atomic mass is 15.0. The molecule has 11 aromatic rings. The summed E-state index contributed by atoms with van der Waals surface area (Å²) < 4.78 is 0. The van der Waals surface area contributed by atoms with Crippen molar-refractivity contribution >= 4 is 43.2 Å². The van der Waals surface area contributed by atoms with Crippen LogP contribution >= 0.6 is 0 Å². The van der Waals surface area contributed by atoms with Crippen LogP contribution in [0.2, 0.25) is 0 Å². The average Bonchev–Trinajstić information content (AvgIpc) is 3.31. The SMILES string of the molecule is c1ccc(-c2nc(-c3ccccc3)nc(-c3ccc(-c4cc5c(-c6ccc7ccccc7c6)cc(-c6ccc7ccccc7c6)nc5c5ccccc45)cc3)n2)cc1. The van der Waals surface area contributed by atoms with Gasteiger partial charge in [-0.1, -0.05) is 182 Å². The van der Waals surface area contributed by atoms with Gasteiger partial charge >= 0.3 is 0 Å². The summed E-state index contributed by atoms with van der Waals surface area (Å²) in [6.07, 6.45) is 0. The molecule has 270 valence electrons. The van der Waals surface area contributed by atoms with Gasteiger partial charge in [-0.3, -0.25) is 0 Å². The summed E-state index contributed by atoms with van der Waals surface area (Å²) in [6, 6.07) is 72.5. The van der Waals surface area contributed by atoms with Gasteiger partial charge in [0.05, 0.1) is 11.2 Å². The van der Waals surface area contributed by atoms with Gasteiger partial charge in [-0.05, 0) is 73.5 Å². The number of nitrogens with zero attached hydrogens (tertiary/aromatic N) is 4. The molecule has 0 aliphatic carbocycles. The molecule has 0 spiro atoms. The number of hydrogen-bond acceptors (Lipinski definition) is 4. The predicted octanol–water partition coefficient (Wildman–Crippen LogP) is 13.9. The molecule has 0 atom stereocenters. The van der Waals surface area contributed by atoms with Gasteiger partial charge in [0, 0.05) is 33.0 Å². The number of hydrogen-bond donors (Lipinski definition) is 0. The zero-order valence-electron chi connectivity index (χ0n) is 31.4. The highest BCUT2D eigenvalue weighted by Crippen LogP contribution is 2.41. The topological polar surface area (TPSA) is 51.6 Å². The molecule has 4 heteroatoms. The zero-order valence-corrected chi connectivity index (χ0v) is 31.4. The van der Waals surface area contributed by atoms with Crippen LogP contribution < -0.4 is 0 Å². The van der Waals surface area contributed by atoms with Gasteiger partial charge in [-0.25, -0.2) is 19.9 Å². The molecule has 2 heterocycles. The maximum Gasteiger partial charge on any atom is 0.164 e. The first-order valence-corrected chi connectivity index (χ1v) is 19.5. The Morgan fingerprint density at radius 2 is 0.672 bits per heavy atom. The molecule has 58 heavy (non-hydrogen) atoms. The highest BCUT2D eigenvalue weighted by molar-refractivity contribution is 6.16. The van der Waals surface area contributed by atoms with Crippen LogP contribution in [0.15, 0.2) is 206 Å². The maximum atomic E-state index is 5.46. The third kappa shape index (κ3) is 6.05. The smallest absolute Gasteiger partial charge is 0.164 e. The van der Waals surface area contributed by atoms with Gasteiger partial charge in [-0.2, -0.15) is 0 Å². The van der Waals surface area contributed by atoms with Crippen LogP contribution in [0, 0.1) is 0 Å². The van der Waals surface area contributed by atoms with Crippen molar-refractivity contribution in [2.75, 3.05) is 0 Å². The fourth-order valence-corrected chi connectivity index (χ4v) is 8.12. The summed E-state index contributed by atoms with van der Waals surface area (Å²) in [6.45, 7) is 0. The van der Waals surface area contributed by atoms with Crippen molar-refractivity contribution in [3.05, 3.63) is 206 Å². The summed E-state index contributed by atoms with van der Waals surface area (Å²) >= 11 is 0. The largest absolute Gasteiger partial charge is 0.247 e. The minimum atomic E-state index is 0.631. The molecule has 0 unspecified atom stereocenters. The number of pyridine rings is 1. The standard InChI is InChI=1S/C54H34N4/c1-3-15-38(16-4-1)52-56-53(39-17-5-2-6-18-39)58-54(57-52)40-27-25-37(26-28-40)47-33-49-48(43-29-23-35-13-7-9-19-41(35)31-43)34-50(55-51(49)46-22-12-11-21-45(46)47)44-30-24-36-14-8-10-20-42(36)32-44/h1-34H. The molecule has 11 rings (SSSR count). The van der Waals surface area contributed by atoms with E-state index in [0.717, 1.165) is 71.9 Å². The molecule has 4 nitrogen and oxygen atoms in total. The van der Waals surface area contributed by atoms with Crippen LogP contribution in [-0.2, 0) is 0 Å². The first-order valence-electron chi connectivity index (χ1n) is 19.5. The first kappa shape index (κ1) is 33.5. The number of rotatable bonds is 6. The molecule has 0 N–H and O–H groups in total. The van der Waals surface area contributed by atoms with E-state index in [9.17, 15) is 0 Å². The number of fused-ring (bicyclic) bond motifs is 5. The summed E-state index contributed by atoms with van der Waals surface area (Å²) in [7, 11) is 0. The summed E-state index contributed by atoms with van der Waals surface area (Å²) in [5, 5.41) is 8.20. The van der Waals surface area contributed by atoms with E-state index in [1.54, 1.807) is 0 Å². The predicted molar refractivity (Wildman–Crippen MR) is 240 cm³/mol.